The van der Waals surface area contributed by atoms with Gasteiger partial charge >= 0.3 is 5.97 Å². The van der Waals surface area contributed by atoms with Crippen LogP contribution in [0.5, 0.6) is 0 Å². The van der Waals surface area contributed by atoms with Gasteiger partial charge in [0.25, 0.3) is 0 Å². The second kappa shape index (κ2) is 5.52. The Bertz CT molecular complexity index is 587. The first-order chi connectivity index (χ1) is 9.13. The van der Waals surface area contributed by atoms with E-state index in [0.717, 1.165) is 11.3 Å². The Labute approximate surface area is 111 Å². The second-order valence-electron chi connectivity index (χ2n) is 4.06. The second-order valence-corrected chi connectivity index (χ2v) is 4.06. The number of carbonyl (C=O) groups excluding carboxylic acids is 2. The number of hydrogen-bond acceptors (Lipinski definition) is 3. The molecule has 0 bridgehead atoms. The normalized spacial score (nSPS) is 11.9. The molecule has 4 heteroatoms. The molecule has 4 nitrogen and oxygen atoms in total. The first-order valence-corrected chi connectivity index (χ1v) is 5.85. The minimum absolute atomic E-state index is 0.417. The van der Waals surface area contributed by atoms with E-state index in [-0.39, 0.29) is 0 Å². The Morgan fingerprint density at radius 1 is 1.26 bits per heavy atom. The third kappa shape index (κ3) is 2.73. The molecule has 0 fully saturated rings. The van der Waals surface area contributed by atoms with E-state index < -0.39 is 12.2 Å². The van der Waals surface area contributed by atoms with E-state index >= 15 is 0 Å². The van der Waals surface area contributed by atoms with Crippen LogP contribution in [0.15, 0.2) is 42.5 Å². The number of benzene rings is 1. The molecule has 0 saturated carbocycles. The molecule has 0 N–H and O–H groups in total. The molecule has 1 aromatic heterocycles. The monoisotopic (exact) mass is 256 g/mol. The summed E-state index contributed by atoms with van der Waals surface area (Å²) < 4.78 is 6.65. The Kier molecular flexibility index (Phi) is 3.80. The molecule has 0 saturated heterocycles. The summed E-state index contributed by atoms with van der Waals surface area (Å²) in [5.41, 5.74) is 2.13. The standard InChI is InChI=1S/C15H14NO3/c1-11(19-12(2)18)16-14(10-17)8-9-15(16)13-6-4-3-5-7-13/h3-11H,1H2,2H3. The molecule has 1 radical (unpaired) electrons. The van der Waals surface area contributed by atoms with Crippen LogP contribution in [-0.4, -0.2) is 16.8 Å². The zero-order valence-electron chi connectivity index (χ0n) is 10.6. The summed E-state index contributed by atoms with van der Waals surface area (Å²) in [6.45, 7) is 5.09. The predicted octanol–water partition coefficient (Wildman–Crippen LogP) is 2.86. The van der Waals surface area contributed by atoms with Crippen LogP contribution in [-0.2, 0) is 9.53 Å². The summed E-state index contributed by atoms with van der Waals surface area (Å²) in [5.74, 6) is -0.440. The van der Waals surface area contributed by atoms with Crippen molar-refractivity contribution < 1.29 is 14.3 Å². The van der Waals surface area contributed by atoms with Crippen molar-refractivity contribution in [2.24, 2.45) is 0 Å². The Balaban J connectivity index is 2.48. The van der Waals surface area contributed by atoms with Gasteiger partial charge < -0.3 is 9.30 Å². The third-order valence-corrected chi connectivity index (χ3v) is 2.73. The highest BCUT2D eigenvalue weighted by molar-refractivity contribution is 5.76. The molecule has 2 rings (SSSR count). The Morgan fingerprint density at radius 3 is 2.53 bits per heavy atom. The van der Waals surface area contributed by atoms with Gasteiger partial charge in [0.05, 0.1) is 11.4 Å². The van der Waals surface area contributed by atoms with Crippen molar-refractivity contribution in [3.63, 3.8) is 0 Å². The summed E-state index contributed by atoms with van der Waals surface area (Å²) in [6.07, 6.45) is -0.0587. The first-order valence-electron chi connectivity index (χ1n) is 5.85. The Hall–Kier alpha value is -2.36. The van der Waals surface area contributed by atoms with Crippen LogP contribution in [0.4, 0.5) is 0 Å². The van der Waals surface area contributed by atoms with Crippen LogP contribution < -0.4 is 0 Å². The van der Waals surface area contributed by atoms with Crippen LogP contribution in [0.25, 0.3) is 11.3 Å². The van der Waals surface area contributed by atoms with Crippen molar-refractivity contribution in [3.05, 3.63) is 55.1 Å². The average molecular weight is 256 g/mol. The van der Waals surface area contributed by atoms with E-state index in [1.54, 1.807) is 16.7 Å². The van der Waals surface area contributed by atoms with E-state index in [9.17, 15) is 9.59 Å². The smallest absolute Gasteiger partial charge is 0.304 e. The summed E-state index contributed by atoms with van der Waals surface area (Å²) >= 11 is 0. The van der Waals surface area contributed by atoms with Gasteiger partial charge in [-0.3, -0.25) is 9.59 Å². The molecule has 0 aliphatic rings. The number of nitrogens with zero attached hydrogens (tertiary/aromatic N) is 1. The van der Waals surface area contributed by atoms with Crippen LogP contribution in [0.1, 0.15) is 23.6 Å². The van der Waals surface area contributed by atoms with Gasteiger partial charge in [-0.25, -0.2) is 0 Å². The fourth-order valence-corrected chi connectivity index (χ4v) is 1.97. The van der Waals surface area contributed by atoms with Crippen molar-refractivity contribution in [3.8, 4) is 11.3 Å². The van der Waals surface area contributed by atoms with Crippen LogP contribution in [0, 0.1) is 6.92 Å². The van der Waals surface area contributed by atoms with Gasteiger partial charge in [0.15, 0.2) is 12.5 Å². The molecule has 0 amide bonds. The van der Waals surface area contributed by atoms with Crippen molar-refractivity contribution in [1.29, 1.82) is 0 Å². The topological polar surface area (TPSA) is 48.3 Å². The lowest BCUT2D eigenvalue weighted by molar-refractivity contribution is -0.147. The van der Waals surface area contributed by atoms with Crippen LogP contribution >= 0.6 is 0 Å². The molecule has 0 aliphatic carbocycles. The molecular weight excluding hydrogens is 242 g/mol. The predicted molar refractivity (Wildman–Crippen MR) is 71.4 cm³/mol. The molecule has 1 aromatic carbocycles. The van der Waals surface area contributed by atoms with Crippen molar-refractivity contribution in [2.75, 3.05) is 0 Å². The first kappa shape index (κ1) is 13.1. The van der Waals surface area contributed by atoms with E-state index in [0.29, 0.717) is 12.0 Å². The van der Waals surface area contributed by atoms with E-state index in [2.05, 4.69) is 6.92 Å². The lowest BCUT2D eigenvalue weighted by Crippen LogP contribution is -2.15. The molecule has 0 aliphatic heterocycles. The molecule has 2 aromatic rings. The number of aldehydes is 1. The highest BCUT2D eigenvalue weighted by Crippen LogP contribution is 2.26. The molecule has 1 atom stereocenters. The zero-order valence-corrected chi connectivity index (χ0v) is 10.6. The van der Waals surface area contributed by atoms with Gasteiger partial charge in [-0.15, -0.1) is 0 Å². The van der Waals surface area contributed by atoms with E-state index in [1.807, 2.05) is 30.3 Å². The summed E-state index contributed by atoms with van der Waals surface area (Å²) in [4.78, 5) is 22.1. The van der Waals surface area contributed by atoms with Crippen LogP contribution in [0.2, 0.25) is 0 Å². The minimum atomic E-state index is -0.775. The maximum Gasteiger partial charge on any atom is 0.304 e. The van der Waals surface area contributed by atoms with Gasteiger partial charge in [-0.2, -0.15) is 0 Å². The number of ether oxygens (including phenoxy) is 1. The fourth-order valence-electron chi connectivity index (χ4n) is 1.97. The lowest BCUT2D eigenvalue weighted by atomic mass is 10.1. The summed E-state index contributed by atoms with van der Waals surface area (Å²) in [6, 6.07) is 13.0. The van der Waals surface area contributed by atoms with Gasteiger partial charge in [0.2, 0.25) is 0 Å². The molecule has 1 unspecified atom stereocenters. The third-order valence-electron chi connectivity index (χ3n) is 2.73. The molecule has 0 spiro atoms. The number of carbonyl (C=O) groups is 2. The maximum atomic E-state index is 11.1. The quantitative estimate of drug-likeness (QED) is 0.624. The van der Waals surface area contributed by atoms with Gasteiger partial charge in [0.1, 0.15) is 0 Å². The average Bonchev–Trinajstić information content (AvgIpc) is 2.82. The van der Waals surface area contributed by atoms with E-state index in [1.165, 1.54) is 6.92 Å². The van der Waals surface area contributed by atoms with Crippen molar-refractivity contribution in [2.45, 2.75) is 13.2 Å². The number of esters is 1. The van der Waals surface area contributed by atoms with Gasteiger partial charge in [0, 0.05) is 13.8 Å². The molecule has 97 valence electrons. The highest BCUT2D eigenvalue weighted by atomic mass is 16.6. The largest absolute Gasteiger partial charge is 0.441 e. The molecule has 1 heterocycles. The van der Waals surface area contributed by atoms with Crippen molar-refractivity contribution in [1.82, 2.24) is 4.57 Å². The number of hydrogen-bond donors (Lipinski definition) is 0. The Morgan fingerprint density at radius 2 is 1.95 bits per heavy atom. The maximum absolute atomic E-state index is 11.1. The number of aromatic nitrogens is 1. The highest BCUT2D eigenvalue weighted by Gasteiger charge is 2.16. The fraction of sp³-hybridized carbons (Fsp3) is 0.133. The molecule has 19 heavy (non-hydrogen) atoms. The summed E-state index contributed by atoms with van der Waals surface area (Å²) in [7, 11) is 0. The van der Waals surface area contributed by atoms with Gasteiger partial charge in [-0.1, -0.05) is 30.3 Å². The lowest BCUT2D eigenvalue weighted by Gasteiger charge is -2.18. The SMILES string of the molecule is [CH2]C(OC(C)=O)n1c(C=O)ccc1-c1ccccc1. The number of rotatable bonds is 4. The minimum Gasteiger partial charge on any atom is -0.441 e. The van der Waals surface area contributed by atoms with Crippen molar-refractivity contribution >= 4 is 12.3 Å². The summed E-state index contributed by atoms with van der Waals surface area (Å²) in [5, 5.41) is 0. The molecular formula is C15H14NO3. The zero-order chi connectivity index (χ0) is 13.8. The van der Waals surface area contributed by atoms with Crippen LogP contribution in [0.3, 0.4) is 0 Å². The van der Waals surface area contributed by atoms with E-state index in [4.69, 9.17) is 4.74 Å². The van der Waals surface area contributed by atoms with Gasteiger partial charge in [-0.05, 0) is 17.7 Å².